The summed E-state index contributed by atoms with van der Waals surface area (Å²) in [4.78, 5) is 21.6. The highest BCUT2D eigenvalue weighted by atomic mass is 16.3. The average molecular weight is 491 g/mol. The number of aromatic amines is 1. The van der Waals surface area contributed by atoms with Gasteiger partial charge in [-0.3, -0.25) is 9.20 Å². The number of hydrogen-bond acceptors (Lipinski definition) is 4. The van der Waals surface area contributed by atoms with Crippen LogP contribution in [-0.4, -0.2) is 29.9 Å². The van der Waals surface area contributed by atoms with E-state index in [1.165, 1.54) is 0 Å². The van der Waals surface area contributed by atoms with Gasteiger partial charge in [0.05, 0.1) is 16.6 Å². The third-order valence-electron chi connectivity index (χ3n) is 6.65. The first-order chi connectivity index (χ1) is 18.1. The number of imidazole rings is 2. The van der Waals surface area contributed by atoms with E-state index >= 15 is 0 Å². The largest absolute Gasteiger partial charge is 0.493 e. The Morgan fingerprint density at radius 3 is 2.57 bits per heavy atom. The molecule has 0 spiro atoms. The summed E-state index contributed by atoms with van der Waals surface area (Å²) in [6.07, 6.45) is 2.03. The monoisotopic (exact) mass is 490 g/mol. The predicted molar refractivity (Wildman–Crippen MR) is 145 cm³/mol. The molecule has 8 heteroatoms. The average Bonchev–Trinajstić information content (AvgIpc) is 3.55. The zero-order chi connectivity index (χ0) is 25.5. The molecule has 0 aliphatic heterocycles. The summed E-state index contributed by atoms with van der Waals surface area (Å²) in [5.74, 6) is 0.0267. The van der Waals surface area contributed by atoms with Gasteiger partial charge in [-0.25, -0.2) is 4.98 Å². The second-order valence-corrected chi connectivity index (χ2v) is 9.18. The second-order valence-electron chi connectivity index (χ2n) is 9.18. The van der Waals surface area contributed by atoms with E-state index in [1.807, 2.05) is 84.1 Å². The minimum Gasteiger partial charge on any atom is -0.493 e. The van der Waals surface area contributed by atoms with Gasteiger partial charge in [-0.1, -0.05) is 67.4 Å². The van der Waals surface area contributed by atoms with E-state index in [2.05, 4.69) is 26.7 Å². The summed E-state index contributed by atoms with van der Waals surface area (Å²) in [6, 6.07) is 23.3. The molecule has 0 saturated heterocycles. The van der Waals surface area contributed by atoms with Crippen molar-refractivity contribution in [1.82, 2.24) is 18.9 Å². The Bertz CT molecular complexity index is 1810. The Hall–Kier alpha value is -4.72. The van der Waals surface area contributed by atoms with E-state index in [4.69, 9.17) is 4.98 Å². The number of rotatable bonds is 6. The number of para-hydroxylation sites is 2. The lowest BCUT2D eigenvalue weighted by atomic mass is 10.1. The van der Waals surface area contributed by atoms with Crippen LogP contribution in [0.25, 0.3) is 39.0 Å². The van der Waals surface area contributed by atoms with Crippen LogP contribution >= 0.6 is 0 Å². The van der Waals surface area contributed by atoms with Crippen molar-refractivity contribution >= 4 is 39.3 Å². The lowest BCUT2D eigenvalue weighted by molar-refractivity contribution is 0.0990. The number of nitrogens with one attached hydrogen (secondary N) is 1. The summed E-state index contributed by atoms with van der Waals surface area (Å²) >= 11 is 0. The van der Waals surface area contributed by atoms with Gasteiger partial charge in [0.25, 0.3) is 0 Å². The van der Waals surface area contributed by atoms with Crippen LogP contribution in [0.3, 0.4) is 0 Å². The third kappa shape index (κ3) is 3.78. The van der Waals surface area contributed by atoms with Crippen LogP contribution in [0.2, 0.25) is 0 Å². The van der Waals surface area contributed by atoms with Crippen LogP contribution in [0.1, 0.15) is 35.8 Å². The van der Waals surface area contributed by atoms with Gasteiger partial charge in [-0.15, -0.1) is 10.2 Å². The summed E-state index contributed by atoms with van der Waals surface area (Å²) in [5.41, 5.74) is 5.57. The molecule has 37 heavy (non-hydrogen) atoms. The van der Waals surface area contributed by atoms with Crippen LogP contribution in [0, 0.1) is 6.92 Å². The van der Waals surface area contributed by atoms with Crippen molar-refractivity contribution in [2.45, 2.75) is 33.2 Å². The number of aromatic nitrogens is 4. The molecule has 6 rings (SSSR count). The van der Waals surface area contributed by atoms with E-state index in [9.17, 15) is 9.90 Å². The van der Waals surface area contributed by atoms with Crippen LogP contribution in [-0.2, 0) is 6.54 Å². The molecule has 0 aliphatic rings. The minimum atomic E-state index is -0.536. The van der Waals surface area contributed by atoms with Crippen LogP contribution in [0.4, 0.5) is 5.69 Å². The quantitative estimate of drug-likeness (QED) is 0.242. The maximum absolute atomic E-state index is 13.8. The molecule has 3 heterocycles. The number of aromatic hydroxyl groups is 1. The highest BCUT2D eigenvalue weighted by Crippen LogP contribution is 2.37. The van der Waals surface area contributed by atoms with Gasteiger partial charge in [0.2, 0.25) is 11.7 Å². The number of fused-ring (bicyclic) bond motifs is 4. The molecule has 0 saturated carbocycles. The summed E-state index contributed by atoms with van der Waals surface area (Å²) < 4.78 is 4.04. The Morgan fingerprint density at radius 1 is 1.03 bits per heavy atom. The van der Waals surface area contributed by atoms with Gasteiger partial charge in [0.1, 0.15) is 11.4 Å². The summed E-state index contributed by atoms with van der Waals surface area (Å²) in [7, 11) is 0. The fraction of sp³-hybridized carbons (Fsp3) is 0.172. The molecule has 3 aromatic heterocycles. The smallest absolute Gasteiger partial charge is 0.314 e. The first-order valence-corrected chi connectivity index (χ1v) is 12.4. The van der Waals surface area contributed by atoms with E-state index in [0.29, 0.717) is 22.6 Å². The Balaban J connectivity index is 1.56. The lowest BCUT2D eigenvalue weighted by Gasteiger charge is -2.04. The molecule has 0 aliphatic carbocycles. The highest BCUT2D eigenvalue weighted by Gasteiger charge is 2.26. The van der Waals surface area contributed by atoms with E-state index in [1.54, 1.807) is 0 Å². The van der Waals surface area contributed by atoms with Crippen molar-refractivity contribution in [3.05, 3.63) is 84.1 Å². The van der Waals surface area contributed by atoms with Crippen molar-refractivity contribution < 1.29 is 9.90 Å². The van der Waals surface area contributed by atoms with Gasteiger partial charge >= 0.3 is 5.91 Å². The fourth-order valence-electron chi connectivity index (χ4n) is 4.86. The number of carbonyl (C=O) groups excluding carboxylic acids is 1. The van der Waals surface area contributed by atoms with Gasteiger partial charge < -0.3 is 14.7 Å². The molecule has 0 bridgehead atoms. The maximum atomic E-state index is 13.8. The van der Waals surface area contributed by atoms with Crippen molar-refractivity contribution in [1.29, 1.82) is 0 Å². The first-order valence-electron chi connectivity index (χ1n) is 12.4. The number of H-pyrrole nitrogens is 1. The normalized spacial score (nSPS) is 11.9. The van der Waals surface area contributed by atoms with Crippen LogP contribution < -0.4 is 0 Å². The number of amides is 1. The molecule has 0 atom stereocenters. The van der Waals surface area contributed by atoms with Gasteiger partial charge in [0.15, 0.2) is 5.69 Å². The zero-order valence-electron chi connectivity index (χ0n) is 20.6. The third-order valence-corrected chi connectivity index (χ3v) is 6.65. The fourth-order valence-corrected chi connectivity index (χ4v) is 4.86. The summed E-state index contributed by atoms with van der Waals surface area (Å²) in [5, 5.41) is 19.5. The molecule has 184 valence electrons. The number of nitrogens with zero attached hydrogens (tertiary/aromatic N) is 5. The predicted octanol–water partition coefficient (Wildman–Crippen LogP) is 7.18. The Labute approximate surface area is 212 Å². The Morgan fingerprint density at radius 2 is 1.78 bits per heavy atom. The molecule has 6 aromatic rings. The van der Waals surface area contributed by atoms with Gasteiger partial charge in [-0.2, -0.15) is 0 Å². The topological polar surface area (TPSA) is 100 Å². The molecule has 2 N–H and O–H groups in total. The lowest BCUT2D eigenvalue weighted by Crippen LogP contribution is -2.02. The maximum Gasteiger partial charge on any atom is 0.314 e. The number of azo groups is 1. The molecule has 0 radical (unpaired) electrons. The van der Waals surface area contributed by atoms with E-state index in [-0.39, 0.29) is 11.6 Å². The van der Waals surface area contributed by atoms with E-state index in [0.717, 1.165) is 47.1 Å². The van der Waals surface area contributed by atoms with Gasteiger partial charge in [-0.05, 0) is 37.6 Å². The first kappa shape index (κ1) is 22.7. The molecular formula is C29H26N6O2. The molecule has 3 aromatic carbocycles. The van der Waals surface area contributed by atoms with Gasteiger partial charge in [0, 0.05) is 17.5 Å². The minimum absolute atomic E-state index is 0.130. The summed E-state index contributed by atoms with van der Waals surface area (Å²) in [6.45, 7) is 4.90. The van der Waals surface area contributed by atoms with Crippen molar-refractivity contribution in [3.63, 3.8) is 0 Å². The molecule has 8 nitrogen and oxygen atoms in total. The number of aryl methyl sites for hydroxylation is 2. The standard InChI is InChI=1S/C29H26N6O2/c1-3-4-16-34-22-12-8-9-13-23(22)35-26(24(31-29(34)35)19-10-6-5-7-11-19)28(37)33-32-25-20-17-18(2)14-15-21(20)30-27(25)36/h5-15,17,30,36H,3-4,16H2,1-2H3. The molecule has 1 amide bonds. The van der Waals surface area contributed by atoms with Crippen molar-refractivity contribution in [2.75, 3.05) is 0 Å². The zero-order valence-corrected chi connectivity index (χ0v) is 20.6. The van der Waals surface area contributed by atoms with E-state index < -0.39 is 5.91 Å². The Kier molecular flexibility index (Phi) is 5.56. The van der Waals surface area contributed by atoms with Crippen molar-refractivity contribution in [2.24, 2.45) is 10.2 Å². The van der Waals surface area contributed by atoms with Crippen LogP contribution in [0.5, 0.6) is 5.88 Å². The highest BCUT2D eigenvalue weighted by molar-refractivity contribution is 6.02. The molecular weight excluding hydrogens is 464 g/mol. The second kappa shape index (κ2) is 9.05. The number of carbonyl (C=O) groups is 1. The number of hydrogen-bond donors (Lipinski definition) is 2. The molecule has 0 unspecified atom stereocenters. The van der Waals surface area contributed by atoms with Crippen LogP contribution in [0.15, 0.2) is 83.0 Å². The SMILES string of the molecule is CCCCn1c2ccccc2n2c(C(=O)N=Nc3c(O)[nH]c4ccc(C)cc34)c(-c3ccccc3)nc12. The number of unbranched alkanes of at least 4 members (excludes halogenated alkanes) is 1. The van der Waals surface area contributed by atoms with Crippen molar-refractivity contribution in [3.8, 4) is 17.1 Å². The molecule has 0 fully saturated rings. The number of benzene rings is 3.